The molecule has 142 valence electrons. The van der Waals surface area contributed by atoms with E-state index in [1.54, 1.807) is 0 Å². The molecule has 2 aromatic carbocycles. The summed E-state index contributed by atoms with van der Waals surface area (Å²) in [5.74, 6) is 1.41. The van der Waals surface area contributed by atoms with Gasteiger partial charge in [0.15, 0.2) is 0 Å². The van der Waals surface area contributed by atoms with Crippen LogP contribution in [0.25, 0.3) is 0 Å². The molecule has 0 radical (unpaired) electrons. The molecule has 3 rings (SSSR count). The zero-order valence-corrected chi connectivity index (χ0v) is 17.1. The first-order valence-corrected chi connectivity index (χ1v) is 9.51. The highest BCUT2D eigenvalue weighted by molar-refractivity contribution is 6.32. The van der Waals surface area contributed by atoms with Gasteiger partial charge in [0.1, 0.15) is 18.1 Å². The Morgan fingerprint density at radius 2 is 1.96 bits per heavy atom. The summed E-state index contributed by atoms with van der Waals surface area (Å²) >= 11 is 12.4. The van der Waals surface area contributed by atoms with Crippen molar-refractivity contribution in [2.45, 2.75) is 40.0 Å². The Morgan fingerprint density at radius 3 is 2.67 bits per heavy atom. The number of benzene rings is 2. The lowest BCUT2D eigenvalue weighted by Crippen LogP contribution is -2.18. The van der Waals surface area contributed by atoms with Crippen molar-refractivity contribution in [2.75, 3.05) is 0 Å². The van der Waals surface area contributed by atoms with E-state index in [1.807, 2.05) is 50.2 Å². The van der Waals surface area contributed by atoms with Crippen LogP contribution in [-0.4, -0.2) is 5.16 Å². The highest BCUT2D eigenvalue weighted by Gasteiger charge is 2.12. The van der Waals surface area contributed by atoms with Gasteiger partial charge in [-0.05, 0) is 56.2 Å². The molecule has 27 heavy (non-hydrogen) atoms. The lowest BCUT2D eigenvalue weighted by atomic mass is 10.1. The van der Waals surface area contributed by atoms with Gasteiger partial charge in [-0.15, -0.1) is 0 Å². The van der Waals surface area contributed by atoms with Gasteiger partial charge in [-0.2, -0.15) is 0 Å². The average Bonchev–Trinajstić information content (AvgIpc) is 2.97. The molecule has 1 unspecified atom stereocenters. The number of ether oxygens (including phenoxy) is 1. The third kappa shape index (κ3) is 5.04. The largest absolute Gasteiger partial charge is 0.487 e. The average molecular weight is 405 g/mol. The molecule has 0 aliphatic carbocycles. The van der Waals surface area contributed by atoms with Crippen LogP contribution in [0.5, 0.6) is 5.75 Å². The first kappa shape index (κ1) is 19.7. The smallest absolute Gasteiger partial charge is 0.140 e. The van der Waals surface area contributed by atoms with Crippen LogP contribution in [0.2, 0.25) is 10.0 Å². The molecule has 0 bridgehead atoms. The Balaban J connectivity index is 1.64. The molecule has 0 fully saturated rings. The molecule has 1 N–H and O–H groups in total. The van der Waals surface area contributed by atoms with Gasteiger partial charge >= 0.3 is 0 Å². The van der Waals surface area contributed by atoms with Gasteiger partial charge in [-0.25, -0.2) is 0 Å². The summed E-state index contributed by atoms with van der Waals surface area (Å²) in [6.07, 6.45) is 0. The van der Waals surface area contributed by atoms with Crippen LogP contribution < -0.4 is 10.1 Å². The molecular weight excluding hydrogens is 383 g/mol. The maximum absolute atomic E-state index is 6.29. The molecule has 0 amide bonds. The number of aryl methyl sites for hydroxylation is 2. The molecule has 1 heterocycles. The molecule has 3 aromatic rings. The number of rotatable bonds is 7. The predicted molar refractivity (Wildman–Crippen MR) is 108 cm³/mol. The van der Waals surface area contributed by atoms with Gasteiger partial charge in [0.05, 0.1) is 16.3 Å². The van der Waals surface area contributed by atoms with Crippen LogP contribution in [0.4, 0.5) is 0 Å². The maximum Gasteiger partial charge on any atom is 0.140 e. The van der Waals surface area contributed by atoms with E-state index in [0.717, 1.165) is 33.2 Å². The molecule has 0 aliphatic heterocycles. The van der Waals surface area contributed by atoms with Crippen molar-refractivity contribution in [3.63, 3.8) is 0 Å². The van der Waals surface area contributed by atoms with Crippen LogP contribution >= 0.6 is 23.2 Å². The minimum atomic E-state index is 0.172. The minimum absolute atomic E-state index is 0.172. The fourth-order valence-corrected chi connectivity index (χ4v) is 3.16. The molecule has 6 heteroatoms. The Hall–Kier alpha value is -2.01. The second kappa shape index (κ2) is 8.79. The normalized spacial score (nSPS) is 12.2. The monoisotopic (exact) mass is 404 g/mol. The SMILES string of the molecule is Cc1noc(C)c1COc1cc(CNC(C)c2cccc(Cl)c2)ccc1Cl. The highest BCUT2D eigenvalue weighted by Crippen LogP contribution is 2.28. The van der Waals surface area contributed by atoms with E-state index in [1.165, 1.54) is 0 Å². The molecule has 0 spiro atoms. The Bertz CT molecular complexity index is 905. The van der Waals surface area contributed by atoms with Crippen molar-refractivity contribution in [1.82, 2.24) is 10.5 Å². The van der Waals surface area contributed by atoms with E-state index < -0.39 is 0 Å². The van der Waals surface area contributed by atoms with Gasteiger partial charge in [-0.1, -0.05) is 46.6 Å². The van der Waals surface area contributed by atoms with Crippen LogP contribution in [0.3, 0.4) is 0 Å². The zero-order chi connectivity index (χ0) is 19.4. The number of hydrogen-bond acceptors (Lipinski definition) is 4. The summed E-state index contributed by atoms with van der Waals surface area (Å²) in [7, 11) is 0. The van der Waals surface area contributed by atoms with Gasteiger partial charge in [0.25, 0.3) is 0 Å². The third-order valence-electron chi connectivity index (χ3n) is 4.51. The highest BCUT2D eigenvalue weighted by atomic mass is 35.5. The molecule has 1 atom stereocenters. The summed E-state index contributed by atoms with van der Waals surface area (Å²) in [5, 5.41) is 8.76. The first-order valence-electron chi connectivity index (χ1n) is 8.76. The van der Waals surface area contributed by atoms with Crippen LogP contribution in [0.1, 0.15) is 41.1 Å². The number of halogens is 2. The van der Waals surface area contributed by atoms with Crippen LogP contribution in [0.15, 0.2) is 47.0 Å². The van der Waals surface area contributed by atoms with Gasteiger partial charge in [0, 0.05) is 17.6 Å². The van der Waals surface area contributed by atoms with Gasteiger partial charge < -0.3 is 14.6 Å². The molecule has 4 nitrogen and oxygen atoms in total. The summed E-state index contributed by atoms with van der Waals surface area (Å²) in [6, 6.07) is 13.8. The molecular formula is C21H22Cl2N2O2. The lowest BCUT2D eigenvalue weighted by molar-refractivity contribution is 0.301. The lowest BCUT2D eigenvalue weighted by Gasteiger charge is -2.16. The second-order valence-electron chi connectivity index (χ2n) is 6.51. The summed E-state index contributed by atoms with van der Waals surface area (Å²) < 4.78 is 11.1. The fourth-order valence-electron chi connectivity index (χ4n) is 2.79. The predicted octanol–water partition coefficient (Wildman–Crippen LogP) is 6.03. The second-order valence-corrected chi connectivity index (χ2v) is 7.36. The van der Waals surface area contributed by atoms with E-state index in [0.29, 0.717) is 23.9 Å². The number of hydrogen-bond donors (Lipinski definition) is 1. The molecule has 0 saturated heterocycles. The summed E-state index contributed by atoms with van der Waals surface area (Å²) in [6.45, 7) is 6.94. The Morgan fingerprint density at radius 1 is 1.15 bits per heavy atom. The number of nitrogens with one attached hydrogen (secondary N) is 1. The fraction of sp³-hybridized carbons (Fsp3) is 0.286. The Labute approximate surface area is 169 Å². The van der Waals surface area contributed by atoms with E-state index >= 15 is 0 Å². The quantitative estimate of drug-likeness (QED) is 0.522. The summed E-state index contributed by atoms with van der Waals surface area (Å²) in [4.78, 5) is 0. The Kier molecular flexibility index (Phi) is 6.42. The molecule has 1 aromatic heterocycles. The van der Waals surface area contributed by atoms with Crippen LogP contribution in [-0.2, 0) is 13.2 Å². The molecule has 0 aliphatic rings. The van der Waals surface area contributed by atoms with Crippen molar-refractivity contribution >= 4 is 23.2 Å². The molecule has 0 saturated carbocycles. The van der Waals surface area contributed by atoms with Crippen LogP contribution in [0, 0.1) is 13.8 Å². The van der Waals surface area contributed by atoms with E-state index in [-0.39, 0.29) is 6.04 Å². The van der Waals surface area contributed by atoms with Gasteiger partial charge in [0.2, 0.25) is 0 Å². The van der Waals surface area contributed by atoms with E-state index in [2.05, 4.69) is 23.5 Å². The maximum atomic E-state index is 6.29. The third-order valence-corrected chi connectivity index (χ3v) is 5.06. The van der Waals surface area contributed by atoms with Crippen molar-refractivity contribution in [2.24, 2.45) is 0 Å². The minimum Gasteiger partial charge on any atom is -0.487 e. The van der Waals surface area contributed by atoms with Crippen molar-refractivity contribution in [3.05, 3.63) is 80.7 Å². The van der Waals surface area contributed by atoms with E-state index in [9.17, 15) is 0 Å². The van der Waals surface area contributed by atoms with Gasteiger partial charge in [-0.3, -0.25) is 0 Å². The number of aromatic nitrogens is 1. The standard InChI is InChI=1S/C21H22Cl2N2O2/c1-13(17-5-4-6-18(22)10-17)24-11-16-7-8-20(23)21(9-16)26-12-19-14(2)25-27-15(19)3/h4-10,13,24H,11-12H2,1-3H3. The van der Waals surface area contributed by atoms with Crippen molar-refractivity contribution in [3.8, 4) is 5.75 Å². The van der Waals surface area contributed by atoms with Crippen molar-refractivity contribution < 1.29 is 9.26 Å². The number of nitrogens with zero attached hydrogens (tertiary/aromatic N) is 1. The van der Waals surface area contributed by atoms with E-state index in [4.69, 9.17) is 32.5 Å². The topological polar surface area (TPSA) is 47.3 Å². The van der Waals surface area contributed by atoms with Crippen molar-refractivity contribution in [1.29, 1.82) is 0 Å². The summed E-state index contributed by atoms with van der Waals surface area (Å²) in [5.41, 5.74) is 4.01. The zero-order valence-electron chi connectivity index (χ0n) is 15.6. The first-order chi connectivity index (χ1) is 12.9.